The van der Waals surface area contributed by atoms with Crippen molar-refractivity contribution in [3.63, 3.8) is 0 Å². The lowest BCUT2D eigenvalue weighted by atomic mass is 10.3. The number of rotatable bonds is 8. The Labute approximate surface area is 155 Å². The van der Waals surface area contributed by atoms with Gasteiger partial charge in [-0.2, -0.15) is 0 Å². The van der Waals surface area contributed by atoms with Crippen molar-refractivity contribution in [1.29, 1.82) is 0 Å². The normalized spacial score (nSPS) is 11.4. The first-order valence-corrected chi connectivity index (χ1v) is 10.6. The quantitative estimate of drug-likeness (QED) is 0.155. The van der Waals surface area contributed by atoms with Crippen LogP contribution in [0.4, 0.5) is 0 Å². The summed E-state index contributed by atoms with van der Waals surface area (Å²) in [6.45, 7) is 0. The van der Waals surface area contributed by atoms with E-state index in [0.29, 0.717) is 12.8 Å². The Morgan fingerprint density at radius 3 is 1.50 bits per heavy atom. The maximum Gasteiger partial charge on any atom is 0.380 e. The number of hydrogen-bond donors (Lipinski definition) is 0. The van der Waals surface area contributed by atoms with Crippen molar-refractivity contribution in [1.82, 2.24) is 0 Å². The van der Waals surface area contributed by atoms with Crippen molar-refractivity contribution >= 4 is 36.4 Å². The minimum atomic E-state index is -2.77. The van der Waals surface area contributed by atoms with Gasteiger partial charge in [-0.05, 0) is 22.0 Å². The van der Waals surface area contributed by atoms with Crippen molar-refractivity contribution in [2.45, 2.75) is 12.8 Å². The smallest absolute Gasteiger partial charge is 0.380 e. The van der Waals surface area contributed by atoms with Gasteiger partial charge in [0.05, 0.1) is 0 Å². The molecule has 3 rings (SSSR count). The molecule has 130 valence electrons. The van der Waals surface area contributed by atoms with E-state index in [4.69, 9.17) is 4.53 Å². The first kappa shape index (κ1) is 17.8. The maximum atomic E-state index is 10.5. The highest BCUT2D eigenvalue weighted by Crippen LogP contribution is 2.10. The van der Waals surface area contributed by atoms with Crippen LogP contribution in [-0.4, -0.2) is 20.8 Å². The van der Waals surface area contributed by atoms with E-state index in [9.17, 15) is 4.79 Å². The fourth-order valence-electron chi connectivity index (χ4n) is 2.99. The summed E-state index contributed by atoms with van der Waals surface area (Å²) in [5.41, 5.74) is 0. The fourth-order valence-corrected chi connectivity index (χ4v) is 6.52. The van der Waals surface area contributed by atoms with E-state index in [1.165, 1.54) is 0 Å². The first-order chi connectivity index (χ1) is 12.9. The second-order valence-corrected chi connectivity index (χ2v) is 9.18. The molecule has 0 heterocycles. The van der Waals surface area contributed by atoms with E-state index < -0.39 is 8.32 Å². The van der Waals surface area contributed by atoms with Gasteiger partial charge in [0.1, 0.15) is 6.29 Å². The summed E-state index contributed by atoms with van der Waals surface area (Å²) in [4.78, 5) is 10.5. The number of carbonyl (C=O) groups is 1. The molecule has 0 radical (unpaired) electrons. The van der Waals surface area contributed by atoms with Gasteiger partial charge < -0.3 is 9.32 Å². The molecule has 0 atom stereocenters. The van der Waals surface area contributed by atoms with E-state index >= 15 is 0 Å². The first-order valence-electron chi connectivity index (χ1n) is 8.68. The van der Waals surface area contributed by atoms with Gasteiger partial charge in [0, 0.05) is 12.6 Å². The van der Waals surface area contributed by atoms with Crippen LogP contribution < -0.4 is 15.6 Å². The molecule has 0 aromatic heterocycles. The minimum absolute atomic E-state index is 0.448. The van der Waals surface area contributed by atoms with Crippen LogP contribution in [0.15, 0.2) is 96.2 Å². The summed E-state index contributed by atoms with van der Waals surface area (Å²) in [6, 6.07) is 30.8. The summed E-state index contributed by atoms with van der Waals surface area (Å²) < 4.78 is 6.33. The molecule has 0 amide bonds. The van der Waals surface area contributed by atoms with Gasteiger partial charge in [0.15, 0.2) is 0 Å². The summed E-state index contributed by atoms with van der Waals surface area (Å²) in [5, 5.41) is 7.68. The van der Waals surface area contributed by atoms with Gasteiger partial charge in [0.25, 0.3) is 0 Å². The molecule has 0 aliphatic rings. The molecular formula is C22H21NO2Si. The van der Waals surface area contributed by atoms with Gasteiger partial charge in [0.2, 0.25) is 0 Å². The van der Waals surface area contributed by atoms with Crippen LogP contribution in [0.5, 0.6) is 0 Å². The zero-order chi connectivity index (χ0) is 18.1. The van der Waals surface area contributed by atoms with Crippen LogP contribution in [0.25, 0.3) is 0 Å². The minimum Gasteiger partial charge on any atom is -0.438 e. The zero-order valence-corrected chi connectivity index (χ0v) is 15.5. The molecule has 26 heavy (non-hydrogen) atoms. The zero-order valence-electron chi connectivity index (χ0n) is 14.5. The molecule has 0 bridgehead atoms. The third-order valence-electron chi connectivity index (χ3n) is 4.22. The van der Waals surface area contributed by atoms with Crippen LogP contribution in [0.3, 0.4) is 0 Å². The Balaban J connectivity index is 2.14. The molecule has 0 saturated heterocycles. The molecule has 0 spiro atoms. The molecule has 0 N–H and O–H groups in total. The van der Waals surface area contributed by atoms with Crippen LogP contribution in [0.1, 0.15) is 12.8 Å². The van der Waals surface area contributed by atoms with Crippen LogP contribution in [0.2, 0.25) is 0 Å². The van der Waals surface area contributed by atoms with E-state index in [-0.39, 0.29) is 0 Å². The van der Waals surface area contributed by atoms with Crippen LogP contribution in [0, 0.1) is 0 Å². The second kappa shape index (κ2) is 8.92. The lowest BCUT2D eigenvalue weighted by molar-refractivity contribution is -0.107. The summed E-state index contributed by atoms with van der Waals surface area (Å²) >= 11 is 0. The van der Waals surface area contributed by atoms with Gasteiger partial charge in [-0.3, -0.25) is 0 Å². The second-order valence-electron chi connectivity index (χ2n) is 5.90. The molecule has 0 aliphatic heterocycles. The molecule has 3 nitrogen and oxygen atoms in total. The Bertz CT molecular complexity index is 739. The summed E-state index contributed by atoms with van der Waals surface area (Å²) in [6.07, 6.45) is 3.60. The van der Waals surface area contributed by atoms with Crippen LogP contribution in [-0.2, 0) is 9.32 Å². The highest BCUT2D eigenvalue weighted by molar-refractivity contribution is 7.07. The van der Waals surface area contributed by atoms with E-state index in [1.807, 2.05) is 54.6 Å². The summed E-state index contributed by atoms with van der Waals surface area (Å²) in [5.74, 6) is 0. The number of unbranched alkanes of at least 4 members (excludes halogenated alkanes) is 1. The molecule has 4 heteroatoms. The van der Waals surface area contributed by atoms with Gasteiger partial charge >= 0.3 is 8.32 Å². The number of aldehydes is 1. The topological polar surface area (TPSA) is 38.7 Å². The van der Waals surface area contributed by atoms with Crippen molar-refractivity contribution in [3.05, 3.63) is 91.0 Å². The highest BCUT2D eigenvalue weighted by atomic mass is 28.4. The molecule has 3 aromatic rings. The average Bonchev–Trinajstić information content (AvgIpc) is 2.73. The number of nitrogens with zero attached hydrogens (tertiary/aromatic N) is 1. The van der Waals surface area contributed by atoms with Crippen molar-refractivity contribution in [2.75, 3.05) is 0 Å². The standard InChI is InChI=1S/C22H21NO2Si/c24-19-11-10-18-23-25-26(20-12-4-1-5-13-20,21-14-6-2-7-15-21)22-16-8-3-9-17-22/h1-9,12-19H,10-11H2. The maximum absolute atomic E-state index is 10.5. The molecule has 0 saturated carbocycles. The van der Waals surface area contributed by atoms with Crippen molar-refractivity contribution < 1.29 is 9.32 Å². The van der Waals surface area contributed by atoms with Crippen molar-refractivity contribution in [2.24, 2.45) is 5.16 Å². The average molecular weight is 360 g/mol. The monoisotopic (exact) mass is 359 g/mol. The van der Waals surface area contributed by atoms with Gasteiger partial charge in [-0.25, -0.2) is 0 Å². The number of carbonyl (C=O) groups excluding carboxylic acids is 1. The van der Waals surface area contributed by atoms with Gasteiger partial charge in [-0.1, -0.05) is 91.0 Å². The lowest BCUT2D eigenvalue weighted by Gasteiger charge is -2.30. The number of hydrogen-bond acceptors (Lipinski definition) is 3. The summed E-state index contributed by atoms with van der Waals surface area (Å²) in [7, 11) is -2.77. The Morgan fingerprint density at radius 1 is 0.692 bits per heavy atom. The molecular weight excluding hydrogens is 338 g/mol. The van der Waals surface area contributed by atoms with Gasteiger partial charge in [-0.15, -0.1) is 5.16 Å². The van der Waals surface area contributed by atoms with E-state index in [1.54, 1.807) is 6.21 Å². The highest BCUT2D eigenvalue weighted by Gasteiger charge is 2.44. The third-order valence-corrected chi connectivity index (χ3v) is 8.04. The SMILES string of the molecule is O=CCCC=NO[Si](c1ccccc1)(c1ccccc1)c1ccccc1. The van der Waals surface area contributed by atoms with Crippen LogP contribution >= 0.6 is 0 Å². The number of oxime groups is 1. The largest absolute Gasteiger partial charge is 0.438 e. The molecule has 0 fully saturated rings. The van der Waals surface area contributed by atoms with Crippen molar-refractivity contribution in [3.8, 4) is 0 Å². The molecule has 3 aromatic carbocycles. The molecule has 0 unspecified atom stereocenters. The number of benzene rings is 3. The molecule has 0 aliphatic carbocycles. The Kier molecular flexibility index (Phi) is 6.12. The Morgan fingerprint density at radius 2 is 1.12 bits per heavy atom. The van der Waals surface area contributed by atoms with E-state index in [2.05, 4.69) is 41.6 Å². The predicted molar refractivity (Wildman–Crippen MR) is 109 cm³/mol. The van der Waals surface area contributed by atoms with E-state index in [0.717, 1.165) is 21.8 Å². The fraction of sp³-hybridized carbons (Fsp3) is 0.0909. The third kappa shape index (κ3) is 3.81. The lowest BCUT2D eigenvalue weighted by Crippen LogP contribution is -2.68. The predicted octanol–water partition coefficient (Wildman–Crippen LogP) is 2.64. The Hall–Kier alpha value is -2.98.